The standard InChI is InChI=1S/C25H31N5O2/c1-18-13-19(2)30(28-18)23-10-6-9-22(14-23)26-25(32)27-24-11-12-29(16-21(24)17-31)15-20-7-4-3-5-8-20/h3-10,13-14,21,24,31H,11-12,15-17H2,1-2H3,(H2,26,27,32). The number of nitrogens with zero attached hydrogens (tertiary/aromatic N) is 3. The van der Waals surface area contributed by atoms with Gasteiger partial charge in [-0.05, 0) is 50.1 Å². The topological polar surface area (TPSA) is 82.4 Å². The van der Waals surface area contributed by atoms with Gasteiger partial charge in [0.1, 0.15) is 0 Å². The number of hydrogen-bond donors (Lipinski definition) is 3. The van der Waals surface area contributed by atoms with Crippen molar-refractivity contribution < 1.29 is 9.90 Å². The average molecular weight is 434 g/mol. The second-order valence-corrected chi connectivity index (χ2v) is 8.55. The van der Waals surface area contributed by atoms with E-state index in [2.05, 4.69) is 32.8 Å². The first-order valence-corrected chi connectivity index (χ1v) is 11.1. The summed E-state index contributed by atoms with van der Waals surface area (Å²) in [4.78, 5) is 15.0. The van der Waals surface area contributed by atoms with Gasteiger partial charge >= 0.3 is 6.03 Å². The number of carbonyl (C=O) groups excluding carboxylic acids is 1. The molecule has 2 heterocycles. The number of carbonyl (C=O) groups is 1. The van der Waals surface area contributed by atoms with Gasteiger partial charge in [0.2, 0.25) is 0 Å². The lowest BCUT2D eigenvalue weighted by Gasteiger charge is -2.38. The number of anilines is 1. The highest BCUT2D eigenvalue weighted by Gasteiger charge is 2.30. The maximum atomic E-state index is 12.7. The van der Waals surface area contributed by atoms with Crippen LogP contribution in [-0.2, 0) is 6.54 Å². The maximum absolute atomic E-state index is 12.7. The van der Waals surface area contributed by atoms with E-state index in [-0.39, 0.29) is 24.6 Å². The Morgan fingerprint density at radius 3 is 2.66 bits per heavy atom. The molecular weight excluding hydrogens is 402 g/mol. The molecule has 7 nitrogen and oxygen atoms in total. The van der Waals surface area contributed by atoms with Crippen LogP contribution in [0.15, 0.2) is 60.7 Å². The van der Waals surface area contributed by atoms with Gasteiger partial charge in [-0.2, -0.15) is 5.10 Å². The molecule has 2 aromatic carbocycles. The molecule has 7 heteroatoms. The van der Waals surface area contributed by atoms with Gasteiger partial charge in [0.25, 0.3) is 0 Å². The number of piperidine rings is 1. The highest BCUT2D eigenvalue weighted by atomic mass is 16.3. The van der Waals surface area contributed by atoms with E-state index in [1.807, 2.05) is 67.1 Å². The Balaban J connectivity index is 1.35. The van der Waals surface area contributed by atoms with E-state index in [0.717, 1.165) is 43.1 Å². The van der Waals surface area contributed by atoms with Crippen molar-refractivity contribution in [2.24, 2.45) is 5.92 Å². The van der Waals surface area contributed by atoms with Gasteiger partial charge in [0.05, 0.1) is 11.4 Å². The van der Waals surface area contributed by atoms with E-state index in [9.17, 15) is 9.90 Å². The largest absolute Gasteiger partial charge is 0.396 e. The Labute approximate surface area is 189 Å². The molecule has 2 amide bonds. The van der Waals surface area contributed by atoms with E-state index in [4.69, 9.17) is 0 Å². The lowest BCUT2D eigenvalue weighted by atomic mass is 9.92. The molecule has 1 saturated heterocycles. The molecule has 0 aliphatic carbocycles. The normalized spacial score (nSPS) is 19.0. The summed E-state index contributed by atoms with van der Waals surface area (Å²) in [6.07, 6.45) is 0.803. The smallest absolute Gasteiger partial charge is 0.319 e. The Kier molecular flexibility index (Phi) is 6.87. The lowest BCUT2D eigenvalue weighted by molar-refractivity contribution is 0.0895. The van der Waals surface area contributed by atoms with E-state index in [0.29, 0.717) is 5.69 Å². The molecule has 1 aromatic heterocycles. The molecule has 3 aromatic rings. The second kappa shape index (κ2) is 9.97. The molecule has 1 aliphatic rings. The zero-order valence-electron chi connectivity index (χ0n) is 18.7. The number of benzene rings is 2. The van der Waals surface area contributed by atoms with E-state index < -0.39 is 0 Å². The summed E-state index contributed by atoms with van der Waals surface area (Å²) < 4.78 is 1.86. The third-order valence-electron chi connectivity index (χ3n) is 5.98. The Morgan fingerprint density at radius 2 is 1.94 bits per heavy atom. The predicted octanol–water partition coefficient (Wildman–Crippen LogP) is 3.49. The number of aliphatic hydroxyl groups excluding tert-OH is 1. The minimum atomic E-state index is -0.254. The number of rotatable bonds is 6. The molecular formula is C25H31N5O2. The maximum Gasteiger partial charge on any atom is 0.319 e. The summed E-state index contributed by atoms with van der Waals surface area (Å²) in [5.41, 5.74) is 4.85. The predicted molar refractivity (Wildman–Crippen MR) is 126 cm³/mol. The Morgan fingerprint density at radius 1 is 1.12 bits per heavy atom. The average Bonchev–Trinajstić information content (AvgIpc) is 3.13. The van der Waals surface area contributed by atoms with Crippen molar-refractivity contribution in [3.8, 4) is 5.69 Å². The summed E-state index contributed by atoms with van der Waals surface area (Å²) in [5, 5.41) is 20.4. The van der Waals surface area contributed by atoms with E-state index >= 15 is 0 Å². The second-order valence-electron chi connectivity index (χ2n) is 8.55. The zero-order chi connectivity index (χ0) is 22.5. The molecule has 4 rings (SSSR count). The van der Waals surface area contributed by atoms with E-state index in [1.165, 1.54) is 5.56 Å². The highest BCUT2D eigenvalue weighted by molar-refractivity contribution is 5.89. The third kappa shape index (κ3) is 5.36. The molecule has 2 unspecified atom stereocenters. The van der Waals surface area contributed by atoms with Crippen LogP contribution in [0.1, 0.15) is 23.4 Å². The molecule has 168 valence electrons. The van der Waals surface area contributed by atoms with E-state index in [1.54, 1.807) is 0 Å². The van der Waals surface area contributed by atoms with Gasteiger partial charge < -0.3 is 15.7 Å². The molecule has 0 spiro atoms. The van der Waals surface area contributed by atoms with Crippen LogP contribution in [0.4, 0.5) is 10.5 Å². The Bertz CT molecular complexity index is 1050. The summed E-state index contributed by atoms with van der Waals surface area (Å²) in [7, 11) is 0. The molecule has 0 radical (unpaired) electrons. The summed E-state index contributed by atoms with van der Waals surface area (Å²) in [5.74, 6) is -0.000698. The van der Waals surface area contributed by atoms with Gasteiger partial charge in [-0.25, -0.2) is 9.48 Å². The fraction of sp³-hybridized carbons (Fsp3) is 0.360. The van der Waals surface area contributed by atoms with Gasteiger partial charge in [0.15, 0.2) is 0 Å². The first-order chi connectivity index (χ1) is 15.5. The minimum Gasteiger partial charge on any atom is -0.396 e. The summed E-state index contributed by atoms with van der Waals surface area (Å²) in [6, 6.07) is 19.7. The number of amides is 2. The zero-order valence-corrected chi connectivity index (χ0v) is 18.7. The van der Waals surface area contributed by atoms with Crippen molar-refractivity contribution in [3.63, 3.8) is 0 Å². The first kappa shape index (κ1) is 22.0. The van der Waals surface area contributed by atoms with Crippen molar-refractivity contribution in [1.29, 1.82) is 0 Å². The number of hydrogen-bond acceptors (Lipinski definition) is 4. The van der Waals surface area contributed by atoms with Gasteiger partial charge in [-0.15, -0.1) is 0 Å². The third-order valence-corrected chi connectivity index (χ3v) is 5.98. The van der Waals surface area contributed by atoms with Gasteiger partial charge in [-0.3, -0.25) is 4.90 Å². The molecule has 32 heavy (non-hydrogen) atoms. The monoisotopic (exact) mass is 433 g/mol. The summed E-state index contributed by atoms with van der Waals surface area (Å²) >= 11 is 0. The molecule has 0 saturated carbocycles. The van der Waals surface area contributed by atoms with Crippen LogP contribution >= 0.6 is 0 Å². The first-order valence-electron chi connectivity index (χ1n) is 11.1. The Hall–Kier alpha value is -3.16. The molecule has 1 fully saturated rings. The number of aromatic nitrogens is 2. The van der Waals surface area contributed by atoms with Gasteiger partial charge in [0, 0.05) is 49.6 Å². The van der Waals surface area contributed by atoms with Crippen LogP contribution in [0.25, 0.3) is 5.69 Å². The summed E-state index contributed by atoms with van der Waals surface area (Å²) in [6.45, 7) is 6.50. The minimum absolute atomic E-state index is 0.000698. The molecule has 2 atom stereocenters. The highest BCUT2D eigenvalue weighted by Crippen LogP contribution is 2.20. The fourth-order valence-corrected chi connectivity index (χ4v) is 4.41. The van der Waals surface area contributed by atoms with Crippen LogP contribution in [0.3, 0.4) is 0 Å². The van der Waals surface area contributed by atoms with Crippen LogP contribution < -0.4 is 10.6 Å². The van der Waals surface area contributed by atoms with Crippen LogP contribution in [0, 0.1) is 19.8 Å². The number of urea groups is 1. The molecule has 0 bridgehead atoms. The fourth-order valence-electron chi connectivity index (χ4n) is 4.41. The van der Waals surface area contributed by atoms with Crippen molar-refractivity contribution in [2.75, 3.05) is 25.0 Å². The van der Waals surface area contributed by atoms with Crippen LogP contribution in [0.2, 0.25) is 0 Å². The van der Waals surface area contributed by atoms with Crippen LogP contribution in [-0.4, -0.2) is 51.6 Å². The van der Waals surface area contributed by atoms with Crippen molar-refractivity contribution in [3.05, 3.63) is 77.6 Å². The number of aliphatic hydroxyl groups is 1. The van der Waals surface area contributed by atoms with Gasteiger partial charge in [-0.1, -0.05) is 36.4 Å². The molecule has 1 aliphatic heterocycles. The lowest BCUT2D eigenvalue weighted by Crippen LogP contribution is -2.52. The molecule has 3 N–H and O–H groups in total. The van der Waals surface area contributed by atoms with Crippen LogP contribution in [0.5, 0.6) is 0 Å². The number of likely N-dealkylation sites (tertiary alicyclic amines) is 1. The van der Waals surface area contributed by atoms with Crippen molar-refractivity contribution >= 4 is 11.7 Å². The van der Waals surface area contributed by atoms with Crippen molar-refractivity contribution in [2.45, 2.75) is 32.9 Å². The number of aryl methyl sites for hydroxylation is 2. The number of nitrogens with one attached hydrogen (secondary N) is 2. The SMILES string of the molecule is Cc1cc(C)n(-c2cccc(NC(=O)NC3CCN(Cc4ccccc4)CC3CO)c2)n1. The quantitative estimate of drug-likeness (QED) is 0.556. The van der Waals surface area contributed by atoms with Crippen molar-refractivity contribution in [1.82, 2.24) is 20.0 Å².